The number of aromatic nitrogens is 1. The largest absolute Gasteiger partial charge is 0.494 e. The van der Waals surface area contributed by atoms with Gasteiger partial charge < -0.3 is 19.3 Å². The Balaban J connectivity index is 1.37. The molecule has 6 nitrogen and oxygen atoms in total. The van der Waals surface area contributed by atoms with Crippen molar-refractivity contribution in [1.82, 2.24) is 5.16 Å². The van der Waals surface area contributed by atoms with E-state index in [4.69, 9.17) is 14.4 Å². The maximum absolute atomic E-state index is 11.0. The van der Waals surface area contributed by atoms with Gasteiger partial charge in [0.15, 0.2) is 0 Å². The number of ether oxygens (including phenoxy) is 1. The van der Waals surface area contributed by atoms with Gasteiger partial charge in [-0.1, -0.05) is 12.1 Å². The minimum Gasteiger partial charge on any atom is -0.494 e. The number of rotatable bonds is 8. The summed E-state index contributed by atoms with van der Waals surface area (Å²) in [6, 6.07) is 7.18. The van der Waals surface area contributed by atoms with Gasteiger partial charge in [0.05, 0.1) is 17.9 Å². The highest BCUT2D eigenvalue weighted by Gasteiger charge is 2.21. The first kappa shape index (κ1) is 19.3. The minimum absolute atomic E-state index is 0.326. The first-order valence-corrected chi connectivity index (χ1v) is 9.74. The van der Waals surface area contributed by atoms with Crippen molar-refractivity contribution in [3.8, 4) is 5.75 Å². The second kappa shape index (κ2) is 8.93. The monoisotopic (exact) mass is 372 g/mol. The number of carboxylic acid groups (broad SMARTS) is 1. The van der Waals surface area contributed by atoms with Crippen molar-refractivity contribution in [3.05, 3.63) is 41.1 Å². The standard InChI is InChI=1S/C21H28N2O4/c1-3-17-14-20(27-22-17)23-10-8-16(9-11-23)5-4-12-26-18-6-7-19(21(24)25)15(2)13-18/h6-7,13-14,16H,3-5,8-12H2,1-2H3,(H,24,25). The van der Waals surface area contributed by atoms with Crippen molar-refractivity contribution in [1.29, 1.82) is 0 Å². The van der Waals surface area contributed by atoms with E-state index >= 15 is 0 Å². The molecular formula is C21H28N2O4. The van der Waals surface area contributed by atoms with Crippen molar-refractivity contribution >= 4 is 11.9 Å². The molecule has 0 radical (unpaired) electrons. The number of aromatic carboxylic acids is 1. The van der Waals surface area contributed by atoms with E-state index in [-0.39, 0.29) is 0 Å². The molecule has 0 saturated carbocycles. The van der Waals surface area contributed by atoms with Crippen LogP contribution < -0.4 is 9.64 Å². The third kappa shape index (κ3) is 5.02. The quantitative estimate of drug-likeness (QED) is 0.696. The summed E-state index contributed by atoms with van der Waals surface area (Å²) in [5.41, 5.74) is 2.06. The minimum atomic E-state index is -0.901. The Hall–Kier alpha value is -2.50. The fraction of sp³-hybridized carbons (Fsp3) is 0.524. The fourth-order valence-electron chi connectivity index (χ4n) is 3.59. The number of anilines is 1. The van der Waals surface area contributed by atoms with E-state index in [1.54, 1.807) is 25.1 Å². The lowest BCUT2D eigenvalue weighted by Crippen LogP contribution is -2.33. The second-order valence-corrected chi connectivity index (χ2v) is 7.21. The molecule has 1 aromatic heterocycles. The molecule has 2 aromatic rings. The van der Waals surface area contributed by atoms with Crippen molar-refractivity contribution < 1.29 is 19.2 Å². The molecule has 1 saturated heterocycles. The van der Waals surface area contributed by atoms with Crippen LogP contribution in [0.3, 0.4) is 0 Å². The summed E-state index contributed by atoms with van der Waals surface area (Å²) in [6.07, 6.45) is 5.38. The van der Waals surface area contributed by atoms with E-state index in [2.05, 4.69) is 17.0 Å². The summed E-state index contributed by atoms with van der Waals surface area (Å²) in [7, 11) is 0. The van der Waals surface area contributed by atoms with Crippen LogP contribution in [0, 0.1) is 12.8 Å². The SMILES string of the molecule is CCc1cc(N2CCC(CCCOc3ccc(C(=O)O)c(C)c3)CC2)on1. The molecule has 0 spiro atoms. The molecule has 1 fully saturated rings. The average molecular weight is 372 g/mol. The zero-order chi connectivity index (χ0) is 19.2. The average Bonchev–Trinajstić information content (AvgIpc) is 3.15. The Labute approximate surface area is 160 Å². The van der Waals surface area contributed by atoms with Crippen molar-refractivity contribution in [2.24, 2.45) is 5.92 Å². The molecule has 0 unspecified atom stereocenters. The summed E-state index contributed by atoms with van der Waals surface area (Å²) < 4.78 is 11.2. The number of hydrogen-bond donors (Lipinski definition) is 1. The van der Waals surface area contributed by atoms with E-state index in [0.717, 1.165) is 74.0 Å². The first-order chi connectivity index (χ1) is 13.1. The van der Waals surface area contributed by atoms with Crippen LogP contribution in [-0.4, -0.2) is 35.9 Å². The maximum atomic E-state index is 11.0. The molecule has 1 aliphatic rings. The third-order valence-electron chi connectivity index (χ3n) is 5.29. The molecule has 146 valence electrons. The summed E-state index contributed by atoms with van der Waals surface area (Å²) in [4.78, 5) is 13.3. The number of carboxylic acids is 1. The topological polar surface area (TPSA) is 75.8 Å². The highest BCUT2D eigenvalue weighted by molar-refractivity contribution is 5.89. The Kier molecular flexibility index (Phi) is 6.37. The van der Waals surface area contributed by atoms with Gasteiger partial charge in [0.2, 0.25) is 5.88 Å². The number of carbonyl (C=O) groups is 1. The number of aryl methyl sites for hydroxylation is 2. The molecule has 6 heteroatoms. The van der Waals surface area contributed by atoms with Crippen LogP contribution in [0.4, 0.5) is 5.88 Å². The van der Waals surface area contributed by atoms with Gasteiger partial charge in [-0.2, -0.15) is 0 Å². The Bertz CT molecular complexity index is 763. The number of nitrogens with zero attached hydrogens (tertiary/aromatic N) is 2. The van der Waals surface area contributed by atoms with Gasteiger partial charge in [0, 0.05) is 19.2 Å². The van der Waals surface area contributed by atoms with Gasteiger partial charge in [-0.3, -0.25) is 0 Å². The van der Waals surface area contributed by atoms with Crippen LogP contribution >= 0.6 is 0 Å². The van der Waals surface area contributed by atoms with Crippen LogP contribution in [0.25, 0.3) is 0 Å². The van der Waals surface area contributed by atoms with Gasteiger partial charge in [0.1, 0.15) is 5.75 Å². The van der Waals surface area contributed by atoms with Gasteiger partial charge in [-0.25, -0.2) is 4.79 Å². The highest BCUT2D eigenvalue weighted by atomic mass is 16.5. The van der Waals surface area contributed by atoms with Crippen LogP contribution in [0.15, 0.2) is 28.8 Å². The predicted molar refractivity (Wildman–Crippen MR) is 104 cm³/mol. The van der Waals surface area contributed by atoms with Crippen LogP contribution in [-0.2, 0) is 6.42 Å². The molecule has 0 atom stereocenters. The Morgan fingerprint density at radius 2 is 2.11 bits per heavy atom. The van der Waals surface area contributed by atoms with Crippen LogP contribution in [0.2, 0.25) is 0 Å². The van der Waals surface area contributed by atoms with Crippen molar-refractivity contribution in [2.45, 2.75) is 46.0 Å². The summed E-state index contributed by atoms with van der Waals surface area (Å²) in [5, 5.41) is 13.1. The lowest BCUT2D eigenvalue weighted by Gasteiger charge is -2.31. The number of benzene rings is 1. The molecule has 0 bridgehead atoms. The Morgan fingerprint density at radius 3 is 2.74 bits per heavy atom. The van der Waals surface area contributed by atoms with Gasteiger partial charge in [-0.05, 0) is 68.7 Å². The Morgan fingerprint density at radius 1 is 1.33 bits per heavy atom. The molecule has 1 N–H and O–H groups in total. The van der Waals surface area contributed by atoms with E-state index in [1.165, 1.54) is 0 Å². The smallest absolute Gasteiger partial charge is 0.335 e. The van der Waals surface area contributed by atoms with Crippen LogP contribution in [0.1, 0.15) is 54.2 Å². The van der Waals surface area contributed by atoms with Gasteiger partial charge in [0.25, 0.3) is 0 Å². The molecular weight excluding hydrogens is 344 g/mol. The van der Waals surface area contributed by atoms with Gasteiger partial charge >= 0.3 is 5.97 Å². The summed E-state index contributed by atoms with van der Waals surface area (Å²) in [5.74, 6) is 1.45. The van der Waals surface area contributed by atoms with E-state index in [0.29, 0.717) is 12.2 Å². The van der Waals surface area contributed by atoms with E-state index < -0.39 is 5.97 Å². The molecule has 2 heterocycles. The molecule has 27 heavy (non-hydrogen) atoms. The molecule has 0 aliphatic carbocycles. The molecule has 1 aliphatic heterocycles. The molecule has 1 aromatic carbocycles. The second-order valence-electron chi connectivity index (χ2n) is 7.21. The first-order valence-electron chi connectivity index (χ1n) is 9.74. The lowest BCUT2D eigenvalue weighted by atomic mass is 9.92. The van der Waals surface area contributed by atoms with E-state index in [1.807, 2.05) is 6.07 Å². The number of hydrogen-bond acceptors (Lipinski definition) is 5. The third-order valence-corrected chi connectivity index (χ3v) is 5.29. The van der Waals surface area contributed by atoms with E-state index in [9.17, 15) is 4.79 Å². The zero-order valence-corrected chi connectivity index (χ0v) is 16.1. The highest BCUT2D eigenvalue weighted by Crippen LogP contribution is 2.27. The fourth-order valence-corrected chi connectivity index (χ4v) is 3.59. The molecule has 0 amide bonds. The van der Waals surface area contributed by atoms with Gasteiger partial charge in [-0.15, -0.1) is 0 Å². The lowest BCUT2D eigenvalue weighted by molar-refractivity contribution is 0.0696. The maximum Gasteiger partial charge on any atom is 0.335 e. The van der Waals surface area contributed by atoms with Crippen molar-refractivity contribution in [3.63, 3.8) is 0 Å². The zero-order valence-electron chi connectivity index (χ0n) is 16.1. The predicted octanol–water partition coefficient (Wildman–Crippen LogP) is 4.32. The van der Waals surface area contributed by atoms with Crippen LogP contribution in [0.5, 0.6) is 5.75 Å². The van der Waals surface area contributed by atoms with Crippen molar-refractivity contribution in [2.75, 3.05) is 24.6 Å². The normalized spacial score (nSPS) is 15.1. The summed E-state index contributed by atoms with van der Waals surface area (Å²) >= 11 is 0. The molecule has 3 rings (SSSR count). The summed E-state index contributed by atoms with van der Waals surface area (Å²) in [6.45, 7) is 6.56. The number of piperidine rings is 1.